The summed E-state index contributed by atoms with van der Waals surface area (Å²) >= 11 is 3.62. The average molecular weight is 336 g/mol. The van der Waals surface area contributed by atoms with E-state index < -0.39 is 0 Å². The lowest BCUT2D eigenvalue weighted by Crippen LogP contribution is -2.36. The molecule has 0 aromatic heterocycles. The Bertz CT molecular complexity index is 484. The Labute approximate surface area is 129 Å². The monoisotopic (exact) mass is 335 g/mol. The summed E-state index contributed by atoms with van der Waals surface area (Å²) in [5, 5.41) is 8.93. The van der Waals surface area contributed by atoms with Crippen LogP contribution in [0.2, 0.25) is 0 Å². The molecule has 0 spiro atoms. The van der Waals surface area contributed by atoms with Crippen molar-refractivity contribution in [3.63, 3.8) is 0 Å². The Kier molecular flexibility index (Phi) is 6.02. The quantitative estimate of drug-likeness (QED) is 0.796. The maximum absolute atomic E-state index is 8.93. The van der Waals surface area contributed by atoms with Gasteiger partial charge in [0.1, 0.15) is 0 Å². The summed E-state index contributed by atoms with van der Waals surface area (Å²) in [6.45, 7) is 6.22. The molecule has 0 radical (unpaired) electrons. The topological polar surface area (TPSA) is 23.5 Å². The van der Waals surface area contributed by atoms with E-state index in [0.717, 1.165) is 36.8 Å². The number of halogens is 1. The molecule has 1 N–H and O–H groups in total. The van der Waals surface area contributed by atoms with E-state index in [0.29, 0.717) is 6.04 Å². The van der Waals surface area contributed by atoms with Crippen molar-refractivity contribution in [2.24, 2.45) is 0 Å². The standard InChI is InChI=1S/C17H22BrNO/c1-2-16-12-14(6-5-11-20)9-10-19(16)13-15-7-3-4-8-17(15)18/h2-4,7-8,12,16,20H,1,5-6,9-11,13H2. The minimum absolute atomic E-state index is 0.275. The van der Waals surface area contributed by atoms with Gasteiger partial charge in [0.25, 0.3) is 0 Å². The lowest BCUT2D eigenvalue weighted by molar-refractivity contribution is 0.236. The van der Waals surface area contributed by atoms with Crippen LogP contribution in [0.5, 0.6) is 0 Å². The van der Waals surface area contributed by atoms with Crippen molar-refractivity contribution in [3.05, 3.63) is 58.6 Å². The fraction of sp³-hybridized carbons (Fsp3) is 0.412. The molecule has 1 aromatic carbocycles. The first-order valence-corrected chi connectivity index (χ1v) is 7.94. The van der Waals surface area contributed by atoms with Gasteiger partial charge in [-0.1, -0.05) is 51.9 Å². The number of aliphatic hydroxyl groups excluding tert-OH is 1. The van der Waals surface area contributed by atoms with Gasteiger partial charge >= 0.3 is 0 Å². The first-order chi connectivity index (χ1) is 9.74. The molecule has 0 saturated heterocycles. The zero-order valence-electron chi connectivity index (χ0n) is 11.8. The second kappa shape index (κ2) is 7.77. The number of hydrogen-bond acceptors (Lipinski definition) is 2. The lowest BCUT2D eigenvalue weighted by atomic mass is 9.98. The highest BCUT2D eigenvalue weighted by Crippen LogP contribution is 2.25. The summed E-state index contributed by atoms with van der Waals surface area (Å²) in [5.74, 6) is 0. The smallest absolute Gasteiger partial charge is 0.0465 e. The Morgan fingerprint density at radius 3 is 2.90 bits per heavy atom. The van der Waals surface area contributed by atoms with Crippen molar-refractivity contribution in [1.29, 1.82) is 0 Å². The van der Waals surface area contributed by atoms with Gasteiger partial charge in [-0.2, -0.15) is 0 Å². The van der Waals surface area contributed by atoms with Crippen molar-refractivity contribution < 1.29 is 5.11 Å². The van der Waals surface area contributed by atoms with Gasteiger partial charge < -0.3 is 5.11 Å². The van der Waals surface area contributed by atoms with E-state index in [4.69, 9.17) is 5.11 Å². The molecule has 1 unspecified atom stereocenters. The molecule has 1 atom stereocenters. The van der Waals surface area contributed by atoms with E-state index in [1.165, 1.54) is 11.1 Å². The minimum atomic E-state index is 0.275. The van der Waals surface area contributed by atoms with Gasteiger partial charge in [0.05, 0.1) is 0 Å². The highest BCUT2D eigenvalue weighted by molar-refractivity contribution is 9.10. The molecule has 20 heavy (non-hydrogen) atoms. The molecule has 1 aliphatic rings. The molecule has 1 aromatic rings. The summed E-state index contributed by atoms with van der Waals surface area (Å²) < 4.78 is 1.16. The van der Waals surface area contributed by atoms with Crippen LogP contribution in [0.4, 0.5) is 0 Å². The number of nitrogens with zero attached hydrogens (tertiary/aromatic N) is 1. The van der Waals surface area contributed by atoms with E-state index in [2.05, 4.69) is 51.7 Å². The Hall–Kier alpha value is -0.900. The predicted octanol–water partition coefficient (Wildman–Crippen LogP) is 3.91. The van der Waals surface area contributed by atoms with Crippen molar-refractivity contribution in [1.82, 2.24) is 4.90 Å². The number of hydrogen-bond donors (Lipinski definition) is 1. The van der Waals surface area contributed by atoms with E-state index in [9.17, 15) is 0 Å². The molecule has 2 rings (SSSR count). The first-order valence-electron chi connectivity index (χ1n) is 7.15. The Morgan fingerprint density at radius 2 is 2.20 bits per heavy atom. The van der Waals surface area contributed by atoms with Gasteiger partial charge in [-0.05, 0) is 30.9 Å². The van der Waals surface area contributed by atoms with Gasteiger partial charge in [0.2, 0.25) is 0 Å². The molecule has 0 aliphatic carbocycles. The Balaban J connectivity index is 2.04. The molecule has 2 nitrogen and oxygen atoms in total. The number of rotatable bonds is 6. The van der Waals surface area contributed by atoms with Crippen LogP contribution in [0.3, 0.4) is 0 Å². The van der Waals surface area contributed by atoms with Crippen LogP contribution in [0.1, 0.15) is 24.8 Å². The molecule has 0 amide bonds. The summed E-state index contributed by atoms with van der Waals surface area (Å²) in [5.41, 5.74) is 2.76. The van der Waals surface area contributed by atoms with Crippen molar-refractivity contribution in [2.45, 2.75) is 31.8 Å². The van der Waals surface area contributed by atoms with Crippen LogP contribution in [0, 0.1) is 0 Å². The summed E-state index contributed by atoms with van der Waals surface area (Å²) in [7, 11) is 0. The van der Waals surface area contributed by atoms with Gasteiger partial charge in [0, 0.05) is 30.2 Å². The average Bonchev–Trinajstić information content (AvgIpc) is 2.48. The van der Waals surface area contributed by atoms with Gasteiger partial charge in [-0.15, -0.1) is 6.58 Å². The third-order valence-electron chi connectivity index (χ3n) is 3.78. The minimum Gasteiger partial charge on any atom is -0.396 e. The first kappa shape index (κ1) is 15.5. The van der Waals surface area contributed by atoms with Gasteiger partial charge in [0.15, 0.2) is 0 Å². The number of aliphatic hydroxyl groups is 1. The summed E-state index contributed by atoms with van der Waals surface area (Å²) in [6.07, 6.45) is 7.27. The second-order valence-electron chi connectivity index (χ2n) is 5.19. The van der Waals surface area contributed by atoms with Gasteiger partial charge in [-0.25, -0.2) is 0 Å². The lowest BCUT2D eigenvalue weighted by Gasteiger charge is -2.33. The molecule has 3 heteroatoms. The van der Waals surface area contributed by atoms with E-state index in [1.54, 1.807) is 0 Å². The predicted molar refractivity (Wildman–Crippen MR) is 87.6 cm³/mol. The van der Waals surface area contributed by atoms with Crippen molar-refractivity contribution in [3.8, 4) is 0 Å². The molecule has 0 saturated carbocycles. The molecule has 1 heterocycles. The van der Waals surface area contributed by atoms with Crippen LogP contribution in [0.25, 0.3) is 0 Å². The third-order valence-corrected chi connectivity index (χ3v) is 4.55. The molecule has 0 fully saturated rings. The van der Waals surface area contributed by atoms with Crippen LogP contribution < -0.4 is 0 Å². The normalized spacial score (nSPS) is 19.7. The zero-order chi connectivity index (χ0) is 14.4. The van der Waals surface area contributed by atoms with E-state index in [1.807, 2.05) is 12.1 Å². The second-order valence-corrected chi connectivity index (χ2v) is 6.04. The van der Waals surface area contributed by atoms with Crippen molar-refractivity contribution in [2.75, 3.05) is 13.2 Å². The largest absolute Gasteiger partial charge is 0.396 e. The van der Waals surface area contributed by atoms with Crippen LogP contribution >= 0.6 is 15.9 Å². The zero-order valence-corrected chi connectivity index (χ0v) is 13.3. The van der Waals surface area contributed by atoms with Crippen LogP contribution in [0.15, 0.2) is 53.0 Å². The molecule has 0 bridgehead atoms. The Morgan fingerprint density at radius 1 is 1.40 bits per heavy atom. The van der Waals surface area contributed by atoms with Crippen molar-refractivity contribution >= 4 is 15.9 Å². The SMILES string of the molecule is C=CC1C=C(CCCO)CCN1Cc1ccccc1Br. The molecular weight excluding hydrogens is 314 g/mol. The maximum Gasteiger partial charge on any atom is 0.0465 e. The van der Waals surface area contributed by atoms with Gasteiger partial charge in [-0.3, -0.25) is 4.90 Å². The maximum atomic E-state index is 8.93. The fourth-order valence-corrected chi connectivity index (χ4v) is 3.04. The summed E-state index contributed by atoms with van der Waals surface area (Å²) in [4.78, 5) is 2.44. The van der Waals surface area contributed by atoms with E-state index in [-0.39, 0.29) is 6.61 Å². The van der Waals surface area contributed by atoms with Crippen LogP contribution in [-0.4, -0.2) is 29.2 Å². The molecule has 108 valence electrons. The van der Waals surface area contributed by atoms with E-state index >= 15 is 0 Å². The molecule has 1 aliphatic heterocycles. The highest BCUT2D eigenvalue weighted by atomic mass is 79.9. The molecular formula is C17H22BrNO. The summed E-state index contributed by atoms with van der Waals surface area (Å²) in [6, 6.07) is 8.67. The number of benzene rings is 1. The van der Waals surface area contributed by atoms with Crippen LogP contribution in [-0.2, 0) is 6.54 Å². The highest BCUT2D eigenvalue weighted by Gasteiger charge is 2.20. The third kappa shape index (κ3) is 4.05. The fourth-order valence-electron chi connectivity index (χ4n) is 2.63.